The molecule has 1 saturated heterocycles. The van der Waals surface area contributed by atoms with Gasteiger partial charge < -0.3 is 10.1 Å². The lowest BCUT2D eigenvalue weighted by atomic mass is 10.1. The standard InChI is InChI=1S/C10H14BrN3O2/c1-6(8-3-2-4-16-8)13-7-5-12-14-10(15)9(7)11/h5-6,8H,2-4H2,1H3,(H2,13,14,15). The Balaban J connectivity index is 2.08. The van der Waals surface area contributed by atoms with Crippen LogP contribution in [-0.4, -0.2) is 29.0 Å². The van der Waals surface area contributed by atoms with Crippen LogP contribution in [0.15, 0.2) is 15.5 Å². The van der Waals surface area contributed by atoms with Crippen molar-refractivity contribution in [2.75, 3.05) is 11.9 Å². The van der Waals surface area contributed by atoms with E-state index >= 15 is 0 Å². The third-order valence-corrected chi connectivity index (χ3v) is 3.49. The topological polar surface area (TPSA) is 67.0 Å². The third-order valence-electron chi connectivity index (χ3n) is 2.70. The van der Waals surface area contributed by atoms with Crippen molar-refractivity contribution in [3.63, 3.8) is 0 Å². The van der Waals surface area contributed by atoms with E-state index in [1.165, 1.54) is 0 Å². The summed E-state index contributed by atoms with van der Waals surface area (Å²) < 4.78 is 6.05. The molecule has 2 N–H and O–H groups in total. The highest BCUT2D eigenvalue weighted by Gasteiger charge is 2.22. The Bertz CT molecular complexity index is 415. The number of nitrogens with one attached hydrogen (secondary N) is 2. The molecule has 2 heterocycles. The minimum Gasteiger partial charge on any atom is -0.378 e. The van der Waals surface area contributed by atoms with Gasteiger partial charge in [0, 0.05) is 12.6 Å². The van der Waals surface area contributed by atoms with Crippen molar-refractivity contribution in [3.05, 3.63) is 21.0 Å². The summed E-state index contributed by atoms with van der Waals surface area (Å²) in [6.07, 6.45) is 3.97. The van der Waals surface area contributed by atoms with Gasteiger partial charge in [0.15, 0.2) is 0 Å². The third kappa shape index (κ3) is 2.44. The number of hydrogen-bond acceptors (Lipinski definition) is 4. The molecule has 2 rings (SSSR count). The summed E-state index contributed by atoms with van der Waals surface area (Å²) in [6, 6.07) is 0.169. The van der Waals surface area contributed by atoms with Crippen LogP contribution >= 0.6 is 15.9 Å². The lowest BCUT2D eigenvalue weighted by Crippen LogP contribution is -2.30. The predicted molar refractivity (Wildman–Crippen MR) is 64.6 cm³/mol. The molecule has 5 nitrogen and oxygen atoms in total. The number of aromatic nitrogens is 2. The van der Waals surface area contributed by atoms with Gasteiger partial charge in [0.25, 0.3) is 5.56 Å². The molecular weight excluding hydrogens is 274 g/mol. The Kier molecular flexibility index (Phi) is 3.60. The van der Waals surface area contributed by atoms with Gasteiger partial charge in [-0.3, -0.25) is 4.79 Å². The summed E-state index contributed by atoms with van der Waals surface area (Å²) in [4.78, 5) is 11.3. The van der Waals surface area contributed by atoms with Gasteiger partial charge in [0.1, 0.15) is 4.47 Å². The predicted octanol–water partition coefficient (Wildman–Crippen LogP) is 1.51. The maximum Gasteiger partial charge on any atom is 0.280 e. The Morgan fingerprint density at radius 1 is 1.75 bits per heavy atom. The second-order valence-corrected chi connectivity index (χ2v) is 4.70. The Labute approximate surface area is 102 Å². The zero-order valence-corrected chi connectivity index (χ0v) is 10.6. The van der Waals surface area contributed by atoms with Crippen molar-refractivity contribution in [1.82, 2.24) is 10.2 Å². The molecule has 6 heteroatoms. The van der Waals surface area contributed by atoms with Gasteiger partial charge in [-0.1, -0.05) is 0 Å². The number of H-pyrrole nitrogens is 1. The first-order valence-corrected chi connectivity index (χ1v) is 6.09. The van der Waals surface area contributed by atoms with Crippen molar-refractivity contribution in [1.29, 1.82) is 0 Å². The van der Waals surface area contributed by atoms with E-state index in [0.717, 1.165) is 19.4 Å². The fourth-order valence-corrected chi connectivity index (χ4v) is 2.12. The lowest BCUT2D eigenvalue weighted by Gasteiger charge is -2.21. The second kappa shape index (κ2) is 4.97. The zero-order chi connectivity index (χ0) is 11.5. The maximum atomic E-state index is 11.3. The van der Waals surface area contributed by atoms with Crippen LogP contribution in [0, 0.1) is 0 Å². The number of anilines is 1. The largest absolute Gasteiger partial charge is 0.378 e. The average molecular weight is 288 g/mol. The smallest absolute Gasteiger partial charge is 0.280 e. The van der Waals surface area contributed by atoms with E-state index in [2.05, 4.69) is 31.4 Å². The van der Waals surface area contributed by atoms with Crippen molar-refractivity contribution in [3.8, 4) is 0 Å². The van der Waals surface area contributed by atoms with Crippen molar-refractivity contribution < 1.29 is 4.74 Å². The summed E-state index contributed by atoms with van der Waals surface area (Å²) >= 11 is 3.23. The van der Waals surface area contributed by atoms with E-state index in [0.29, 0.717) is 10.2 Å². The molecule has 0 spiro atoms. The van der Waals surface area contributed by atoms with Gasteiger partial charge >= 0.3 is 0 Å². The van der Waals surface area contributed by atoms with Crippen LogP contribution in [0.4, 0.5) is 5.69 Å². The van der Waals surface area contributed by atoms with Crippen LogP contribution in [0.2, 0.25) is 0 Å². The molecule has 1 aromatic heterocycles. The fraction of sp³-hybridized carbons (Fsp3) is 0.600. The molecule has 1 aliphatic heterocycles. The SMILES string of the molecule is CC(Nc1cn[nH]c(=O)c1Br)C1CCCO1. The Morgan fingerprint density at radius 2 is 2.56 bits per heavy atom. The van der Waals surface area contributed by atoms with Crippen molar-refractivity contribution in [2.24, 2.45) is 0 Å². The van der Waals surface area contributed by atoms with Crippen LogP contribution in [0.3, 0.4) is 0 Å². The van der Waals surface area contributed by atoms with Gasteiger partial charge in [0.05, 0.1) is 18.0 Å². The van der Waals surface area contributed by atoms with Crippen molar-refractivity contribution >= 4 is 21.6 Å². The molecule has 1 aromatic rings. The van der Waals surface area contributed by atoms with E-state index in [9.17, 15) is 4.79 Å². The molecule has 0 aliphatic carbocycles. The van der Waals surface area contributed by atoms with E-state index in [4.69, 9.17) is 4.74 Å². The summed E-state index contributed by atoms with van der Waals surface area (Å²) in [5, 5.41) is 9.35. The molecular formula is C10H14BrN3O2. The highest BCUT2D eigenvalue weighted by atomic mass is 79.9. The van der Waals surface area contributed by atoms with E-state index in [1.54, 1.807) is 6.20 Å². The number of hydrogen-bond donors (Lipinski definition) is 2. The molecule has 1 fully saturated rings. The molecule has 0 radical (unpaired) electrons. The summed E-state index contributed by atoms with van der Waals surface area (Å²) in [5.74, 6) is 0. The summed E-state index contributed by atoms with van der Waals surface area (Å²) in [6.45, 7) is 2.87. The highest BCUT2D eigenvalue weighted by Crippen LogP contribution is 2.21. The molecule has 0 saturated carbocycles. The van der Waals surface area contributed by atoms with Gasteiger partial charge in [0.2, 0.25) is 0 Å². The van der Waals surface area contributed by atoms with Gasteiger partial charge in [-0.2, -0.15) is 5.10 Å². The molecule has 2 atom stereocenters. The van der Waals surface area contributed by atoms with Gasteiger partial charge in [-0.15, -0.1) is 0 Å². The normalized spacial score (nSPS) is 22.0. The molecule has 0 bridgehead atoms. The molecule has 88 valence electrons. The van der Waals surface area contributed by atoms with Crippen LogP contribution in [-0.2, 0) is 4.74 Å². The van der Waals surface area contributed by atoms with E-state index < -0.39 is 0 Å². The summed E-state index contributed by atoms with van der Waals surface area (Å²) in [5.41, 5.74) is 0.469. The Morgan fingerprint density at radius 3 is 3.25 bits per heavy atom. The Hall–Kier alpha value is -0.880. The number of halogens is 1. The molecule has 1 aliphatic rings. The number of aromatic amines is 1. The van der Waals surface area contributed by atoms with Crippen LogP contribution < -0.4 is 10.9 Å². The summed E-state index contributed by atoms with van der Waals surface area (Å²) in [7, 11) is 0. The zero-order valence-electron chi connectivity index (χ0n) is 9.00. The minimum absolute atomic E-state index is 0.169. The van der Waals surface area contributed by atoms with Crippen molar-refractivity contribution in [2.45, 2.75) is 31.9 Å². The first kappa shape index (κ1) is 11.6. The fourth-order valence-electron chi connectivity index (χ4n) is 1.82. The highest BCUT2D eigenvalue weighted by molar-refractivity contribution is 9.10. The minimum atomic E-state index is -0.232. The molecule has 2 unspecified atom stereocenters. The monoisotopic (exact) mass is 287 g/mol. The quantitative estimate of drug-likeness (QED) is 0.884. The number of rotatable bonds is 3. The van der Waals surface area contributed by atoms with E-state index in [1.807, 2.05) is 6.92 Å². The molecule has 0 aromatic carbocycles. The molecule has 0 amide bonds. The first-order valence-electron chi connectivity index (χ1n) is 5.30. The number of nitrogens with zero attached hydrogens (tertiary/aromatic N) is 1. The average Bonchev–Trinajstić information content (AvgIpc) is 2.78. The van der Waals surface area contributed by atoms with Crippen LogP contribution in [0.1, 0.15) is 19.8 Å². The van der Waals surface area contributed by atoms with E-state index in [-0.39, 0.29) is 17.7 Å². The number of ether oxygens (including phenoxy) is 1. The van der Waals surface area contributed by atoms with Crippen LogP contribution in [0.5, 0.6) is 0 Å². The first-order chi connectivity index (χ1) is 7.68. The maximum absolute atomic E-state index is 11.3. The van der Waals surface area contributed by atoms with Crippen LogP contribution in [0.25, 0.3) is 0 Å². The lowest BCUT2D eigenvalue weighted by molar-refractivity contribution is 0.0996. The second-order valence-electron chi connectivity index (χ2n) is 3.91. The molecule has 16 heavy (non-hydrogen) atoms. The van der Waals surface area contributed by atoms with Gasteiger partial charge in [-0.25, -0.2) is 5.10 Å². The van der Waals surface area contributed by atoms with Gasteiger partial charge in [-0.05, 0) is 35.7 Å².